The van der Waals surface area contributed by atoms with Crippen LogP contribution in [-0.4, -0.2) is 44.4 Å². The Morgan fingerprint density at radius 1 is 1.32 bits per heavy atom. The molecule has 0 spiro atoms. The molecule has 0 aliphatic carbocycles. The largest absolute Gasteiger partial charge is 0.508 e. The zero-order chi connectivity index (χ0) is 19.5. The van der Waals surface area contributed by atoms with E-state index in [2.05, 4.69) is 15.2 Å². The number of carbonyl (C=O) groups is 1. The number of hydrogen-bond acceptors (Lipinski definition) is 4. The van der Waals surface area contributed by atoms with Gasteiger partial charge in [-0.25, -0.2) is 4.98 Å². The van der Waals surface area contributed by atoms with Crippen LogP contribution in [0.4, 0.5) is 0 Å². The van der Waals surface area contributed by atoms with Gasteiger partial charge in [0, 0.05) is 31.5 Å². The van der Waals surface area contributed by atoms with Crippen LogP contribution in [0.2, 0.25) is 0 Å². The Hall–Kier alpha value is -2.86. The molecule has 1 atom stereocenters. The average molecular weight is 378 g/mol. The van der Waals surface area contributed by atoms with Crippen LogP contribution in [0.3, 0.4) is 0 Å². The summed E-state index contributed by atoms with van der Waals surface area (Å²) < 4.78 is 1.99. The van der Waals surface area contributed by atoms with Gasteiger partial charge in [0.1, 0.15) is 11.4 Å². The number of piperidine rings is 1. The molecule has 4 rings (SSSR count). The minimum Gasteiger partial charge on any atom is -0.508 e. The average Bonchev–Trinajstić information content (AvgIpc) is 3.06. The molecule has 6 nitrogen and oxygen atoms in total. The number of carbonyl (C=O) groups excluding carboxylic acids is 1. The fourth-order valence-electron chi connectivity index (χ4n) is 4.01. The molecule has 28 heavy (non-hydrogen) atoms. The minimum atomic E-state index is 0.0347. The SMILES string of the molecule is Cc1cccn2c(CC(=O)N[C@@H]3CCCN(Cc4cccc(O)c4)C3)cnc12. The van der Waals surface area contributed by atoms with E-state index >= 15 is 0 Å². The lowest BCUT2D eigenvalue weighted by molar-refractivity contribution is -0.121. The fourth-order valence-corrected chi connectivity index (χ4v) is 4.01. The summed E-state index contributed by atoms with van der Waals surface area (Å²) >= 11 is 0. The lowest BCUT2D eigenvalue weighted by atomic mass is 10.0. The van der Waals surface area contributed by atoms with E-state index in [1.807, 2.05) is 41.8 Å². The molecule has 1 aliphatic heterocycles. The highest BCUT2D eigenvalue weighted by Gasteiger charge is 2.22. The van der Waals surface area contributed by atoms with Crippen molar-refractivity contribution in [1.29, 1.82) is 0 Å². The van der Waals surface area contributed by atoms with Crippen molar-refractivity contribution in [3.05, 3.63) is 65.6 Å². The molecule has 1 fully saturated rings. The number of phenols is 1. The molecule has 2 aromatic heterocycles. The van der Waals surface area contributed by atoms with Gasteiger partial charge in [-0.05, 0) is 55.6 Å². The van der Waals surface area contributed by atoms with Gasteiger partial charge >= 0.3 is 0 Å². The third-order valence-electron chi connectivity index (χ3n) is 5.34. The molecule has 6 heteroatoms. The normalized spacial score (nSPS) is 17.7. The molecule has 0 unspecified atom stereocenters. The molecule has 1 aromatic carbocycles. The first kappa shape index (κ1) is 18.5. The number of phenolic OH excluding ortho intramolecular Hbond substituents is 1. The van der Waals surface area contributed by atoms with E-state index in [-0.39, 0.29) is 11.9 Å². The first-order valence-electron chi connectivity index (χ1n) is 9.79. The van der Waals surface area contributed by atoms with Crippen molar-refractivity contribution in [1.82, 2.24) is 19.6 Å². The van der Waals surface area contributed by atoms with Crippen molar-refractivity contribution in [3.8, 4) is 5.75 Å². The van der Waals surface area contributed by atoms with Gasteiger partial charge in [0.15, 0.2) is 0 Å². The van der Waals surface area contributed by atoms with Crippen LogP contribution in [0, 0.1) is 6.92 Å². The van der Waals surface area contributed by atoms with Crippen molar-refractivity contribution >= 4 is 11.6 Å². The number of hydrogen-bond donors (Lipinski definition) is 2. The first-order valence-corrected chi connectivity index (χ1v) is 9.79. The van der Waals surface area contributed by atoms with Gasteiger partial charge < -0.3 is 14.8 Å². The number of rotatable bonds is 5. The summed E-state index contributed by atoms with van der Waals surface area (Å²) in [6.07, 6.45) is 6.12. The molecule has 0 bridgehead atoms. The fraction of sp³-hybridized carbons (Fsp3) is 0.364. The van der Waals surface area contributed by atoms with Crippen molar-refractivity contribution in [3.63, 3.8) is 0 Å². The standard InChI is InChI=1S/C22H26N4O2/c1-16-5-3-10-26-19(13-23-22(16)26)12-21(28)24-18-7-4-9-25(15-18)14-17-6-2-8-20(27)11-17/h2-3,5-6,8,10-11,13,18,27H,4,7,9,12,14-15H2,1H3,(H,24,28)/t18-/m1/s1. The third-order valence-corrected chi connectivity index (χ3v) is 5.34. The minimum absolute atomic E-state index is 0.0347. The van der Waals surface area contributed by atoms with Crippen LogP contribution in [0.5, 0.6) is 5.75 Å². The third kappa shape index (κ3) is 4.17. The number of amides is 1. The van der Waals surface area contributed by atoms with Crippen molar-refractivity contribution in [2.24, 2.45) is 0 Å². The number of nitrogens with zero attached hydrogens (tertiary/aromatic N) is 3. The van der Waals surface area contributed by atoms with Crippen LogP contribution >= 0.6 is 0 Å². The molecule has 0 saturated carbocycles. The Balaban J connectivity index is 1.35. The Bertz CT molecular complexity index is 982. The van der Waals surface area contributed by atoms with Gasteiger partial charge in [0.2, 0.25) is 5.91 Å². The van der Waals surface area contributed by atoms with E-state index in [0.717, 1.165) is 54.9 Å². The zero-order valence-electron chi connectivity index (χ0n) is 16.1. The summed E-state index contributed by atoms with van der Waals surface area (Å²) in [4.78, 5) is 19.4. The van der Waals surface area contributed by atoms with Crippen LogP contribution < -0.4 is 5.32 Å². The molecule has 1 aliphatic rings. The summed E-state index contributed by atoms with van der Waals surface area (Å²) in [5.74, 6) is 0.329. The van der Waals surface area contributed by atoms with Crippen LogP contribution in [0.1, 0.15) is 29.7 Å². The van der Waals surface area contributed by atoms with E-state index in [1.54, 1.807) is 18.3 Å². The molecule has 3 heterocycles. The van der Waals surface area contributed by atoms with Crippen LogP contribution in [0.25, 0.3) is 5.65 Å². The predicted octanol–water partition coefficient (Wildman–Crippen LogP) is 2.67. The maximum absolute atomic E-state index is 12.6. The number of fused-ring (bicyclic) bond motifs is 1. The van der Waals surface area contributed by atoms with E-state index < -0.39 is 0 Å². The van der Waals surface area contributed by atoms with Gasteiger partial charge in [-0.15, -0.1) is 0 Å². The lowest BCUT2D eigenvalue weighted by Gasteiger charge is -2.33. The molecule has 1 saturated heterocycles. The molecule has 146 valence electrons. The zero-order valence-corrected chi connectivity index (χ0v) is 16.1. The molecule has 1 amide bonds. The number of benzene rings is 1. The van der Waals surface area contributed by atoms with Gasteiger partial charge in [-0.1, -0.05) is 18.2 Å². The molecular weight excluding hydrogens is 352 g/mol. The Morgan fingerprint density at radius 2 is 2.21 bits per heavy atom. The maximum atomic E-state index is 12.6. The lowest BCUT2D eigenvalue weighted by Crippen LogP contribution is -2.47. The van der Waals surface area contributed by atoms with Crippen LogP contribution in [0.15, 0.2) is 48.8 Å². The second kappa shape index (κ2) is 8.02. The number of likely N-dealkylation sites (tertiary alicyclic amines) is 1. The quantitative estimate of drug-likeness (QED) is 0.716. The highest BCUT2D eigenvalue weighted by Crippen LogP contribution is 2.17. The summed E-state index contributed by atoms with van der Waals surface area (Å²) in [5.41, 5.74) is 4.00. The Kier molecular flexibility index (Phi) is 5.30. The number of aryl methyl sites for hydroxylation is 1. The second-order valence-corrected chi connectivity index (χ2v) is 7.62. The highest BCUT2D eigenvalue weighted by molar-refractivity contribution is 5.78. The van der Waals surface area contributed by atoms with Gasteiger partial charge in [-0.3, -0.25) is 9.69 Å². The van der Waals surface area contributed by atoms with E-state index in [0.29, 0.717) is 12.2 Å². The molecule has 0 radical (unpaired) electrons. The topological polar surface area (TPSA) is 69.9 Å². The van der Waals surface area contributed by atoms with Gasteiger partial charge in [0.05, 0.1) is 12.1 Å². The summed E-state index contributed by atoms with van der Waals surface area (Å²) in [7, 11) is 0. The van der Waals surface area contributed by atoms with Gasteiger partial charge in [0.25, 0.3) is 0 Å². The van der Waals surface area contributed by atoms with Crippen molar-refractivity contribution in [2.45, 2.75) is 38.8 Å². The number of imidazole rings is 1. The highest BCUT2D eigenvalue weighted by atomic mass is 16.3. The first-order chi connectivity index (χ1) is 13.6. The van der Waals surface area contributed by atoms with Crippen molar-refractivity contribution < 1.29 is 9.90 Å². The second-order valence-electron chi connectivity index (χ2n) is 7.62. The van der Waals surface area contributed by atoms with Crippen LogP contribution in [-0.2, 0) is 17.8 Å². The van der Waals surface area contributed by atoms with Crippen molar-refractivity contribution in [2.75, 3.05) is 13.1 Å². The van der Waals surface area contributed by atoms with Gasteiger partial charge in [-0.2, -0.15) is 0 Å². The smallest absolute Gasteiger partial charge is 0.226 e. The van der Waals surface area contributed by atoms with E-state index in [4.69, 9.17) is 0 Å². The van der Waals surface area contributed by atoms with E-state index in [9.17, 15) is 9.90 Å². The monoisotopic (exact) mass is 378 g/mol. The number of aromatic nitrogens is 2. The molecule has 2 N–H and O–H groups in total. The summed E-state index contributed by atoms with van der Waals surface area (Å²) in [5, 5.41) is 12.8. The number of nitrogens with one attached hydrogen (secondary N) is 1. The molecule has 3 aromatic rings. The maximum Gasteiger partial charge on any atom is 0.226 e. The number of pyridine rings is 1. The number of aromatic hydroxyl groups is 1. The predicted molar refractivity (Wildman–Crippen MR) is 108 cm³/mol. The Labute approximate surface area is 164 Å². The summed E-state index contributed by atoms with van der Waals surface area (Å²) in [6, 6.07) is 11.5. The molecular formula is C22H26N4O2. The Morgan fingerprint density at radius 3 is 3.07 bits per heavy atom. The summed E-state index contributed by atoms with van der Waals surface area (Å²) in [6.45, 7) is 4.64. The van der Waals surface area contributed by atoms with E-state index in [1.165, 1.54) is 0 Å².